The highest BCUT2D eigenvalue weighted by molar-refractivity contribution is 7.80. The first-order chi connectivity index (χ1) is 19.2. The van der Waals surface area contributed by atoms with Gasteiger partial charge in [-0.25, -0.2) is 0 Å². The molecule has 0 aliphatic rings. The average molecular weight is 599 g/mol. The van der Waals surface area contributed by atoms with Gasteiger partial charge in [0.2, 0.25) is 0 Å². The lowest BCUT2D eigenvalue weighted by atomic mass is 9.80. The predicted octanol–water partition coefficient (Wildman–Crippen LogP) is 11.2. The number of hydrogen-bond acceptors (Lipinski definition) is 0. The van der Waals surface area contributed by atoms with Gasteiger partial charge >= 0.3 is 0 Å². The minimum Gasteiger partial charge on any atom is -0.0616 e. The second-order valence-electron chi connectivity index (χ2n) is 18.9. The Balaban J connectivity index is 2.90. The molecular weight excluding hydrogens is 535 g/mol. The molecule has 43 heavy (non-hydrogen) atoms. The first kappa shape index (κ1) is 35.6. The zero-order valence-corrected chi connectivity index (χ0v) is 32.0. The average Bonchev–Trinajstić information content (AvgIpc) is 2.80. The van der Waals surface area contributed by atoms with E-state index in [1.807, 2.05) is 0 Å². The Morgan fingerprint density at radius 3 is 0.535 bits per heavy atom. The first-order valence-electron chi connectivity index (χ1n) is 16.4. The summed E-state index contributed by atoms with van der Waals surface area (Å²) < 4.78 is 0. The molecule has 0 saturated carbocycles. The van der Waals surface area contributed by atoms with Gasteiger partial charge in [-0.2, -0.15) is 0 Å². The van der Waals surface area contributed by atoms with E-state index in [9.17, 15) is 0 Å². The summed E-state index contributed by atoms with van der Waals surface area (Å²) in [6, 6.07) is 21.6. The van der Waals surface area contributed by atoms with Crippen LogP contribution in [0.2, 0.25) is 0 Å². The Morgan fingerprint density at radius 2 is 0.419 bits per heavy atom. The molecule has 0 saturated heterocycles. The minimum absolute atomic E-state index is 0.00563. The highest BCUT2D eigenvalue weighted by Gasteiger charge is 2.40. The number of rotatable bonds is 3. The molecule has 0 nitrogen and oxygen atoms in total. The Bertz CT molecular complexity index is 1170. The molecule has 0 aliphatic carbocycles. The summed E-state index contributed by atoms with van der Waals surface area (Å²) in [7, 11) is -0.956. The summed E-state index contributed by atoms with van der Waals surface area (Å²) in [6.45, 7) is 43.4. The Hall–Kier alpha value is -1.91. The maximum Gasteiger partial charge on any atom is -0.00760 e. The molecule has 0 unspecified atom stereocenters. The van der Waals surface area contributed by atoms with Crippen LogP contribution in [0.15, 0.2) is 54.6 Å². The SMILES string of the molecule is CC(C)(C)c1cccc(C(C)(C)C)c1P(c1c(C(C)(C)C)cccc1C(C)(C)C)c1c(C(C)(C)C)cccc1C(C)(C)C. The van der Waals surface area contributed by atoms with Crippen molar-refractivity contribution >= 4 is 23.8 Å². The summed E-state index contributed by atoms with van der Waals surface area (Å²) in [5, 5.41) is 4.71. The van der Waals surface area contributed by atoms with Gasteiger partial charge in [0.1, 0.15) is 0 Å². The van der Waals surface area contributed by atoms with Crippen molar-refractivity contribution in [3.8, 4) is 0 Å². The minimum atomic E-state index is -0.956. The second kappa shape index (κ2) is 11.5. The molecule has 3 aromatic rings. The summed E-state index contributed by atoms with van der Waals surface area (Å²) in [5.74, 6) is 0. The fourth-order valence-corrected chi connectivity index (χ4v) is 10.9. The molecular formula is C42H63P. The Kier molecular flexibility index (Phi) is 9.49. The Morgan fingerprint density at radius 1 is 0.279 bits per heavy atom. The molecule has 0 heterocycles. The highest BCUT2D eigenvalue weighted by atomic mass is 31.1. The lowest BCUT2D eigenvalue weighted by molar-refractivity contribution is 0.573. The van der Waals surface area contributed by atoms with E-state index >= 15 is 0 Å². The van der Waals surface area contributed by atoms with Crippen LogP contribution in [0.25, 0.3) is 0 Å². The fraction of sp³-hybridized carbons (Fsp3) is 0.571. The number of benzene rings is 3. The lowest BCUT2D eigenvalue weighted by Crippen LogP contribution is -2.42. The van der Waals surface area contributed by atoms with Crippen LogP contribution in [-0.2, 0) is 32.5 Å². The van der Waals surface area contributed by atoms with Gasteiger partial charge < -0.3 is 0 Å². The van der Waals surface area contributed by atoms with Crippen LogP contribution in [0.5, 0.6) is 0 Å². The second-order valence-corrected chi connectivity index (χ2v) is 21.0. The van der Waals surface area contributed by atoms with Crippen LogP contribution in [0, 0.1) is 0 Å². The highest BCUT2D eigenvalue weighted by Crippen LogP contribution is 2.49. The first-order valence-corrected chi connectivity index (χ1v) is 17.7. The molecule has 0 N–H and O–H groups in total. The maximum absolute atomic E-state index is 2.44. The summed E-state index contributed by atoms with van der Waals surface area (Å²) in [4.78, 5) is 0. The van der Waals surface area contributed by atoms with E-state index in [1.165, 1.54) is 33.4 Å². The van der Waals surface area contributed by atoms with Crippen molar-refractivity contribution < 1.29 is 0 Å². The van der Waals surface area contributed by atoms with Gasteiger partial charge in [-0.3, -0.25) is 0 Å². The van der Waals surface area contributed by atoms with Crippen molar-refractivity contribution in [3.05, 3.63) is 88.0 Å². The molecule has 0 radical (unpaired) electrons. The molecule has 1 heteroatoms. The van der Waals surface area contributed by atoms with Crippen LogP contribution >= 0.6 is 7.92 Å². The van der Waals surface area contributed by atoms with Gasteiger partial charge in [0.15, 0.2) is 0 Å². The zero-order chi connectivity index (χ0) is 33.1. The monoisotopic (exact) mass is 598 g/mol. The maximum atomic E-state index is 2.44. The van der Waals surface area contributed by atoms with E-state index in [2.05, 4.69) is 179 Å². The molecule has 0 spiro atoms. The van der Waals surface area contributed by atoms with Gasteiger partial charge in [0, 0.05) is 0 Å². The van der Waals surface area contributed by atoms with Crippen molar-refractivity contribution in [2.24, 2.45) is 0 Å². The van der Waals surface area contributed by atoms with E-state index in [0.29, 0.717) is 0 Å². The van der Waals surface area contributed by atoms with E-state index < -0.39 is 7.92 Å². The molecule has 0 fully saturated rings. The van der Waals surface area contributed by atoms with Gasteiger partial charge in [-0.05, 0) is 89.7 Å². The summed E-state index contributed by atoms with van der Waals surface area (Å²) >= 11 is 0. The third-order valence-corrected chi connectivity index (χ3v) is 11.4. The Labute approximate surface area is 268 Å². The summed E-state index contributed by atoms with van der Waals surface area (Å²) in [6.07, 6.45) is 0. The molecule has 0 aliphatic heterocycles. The van der Waals surface area contributed by atoms with Gasteiger partial charge in [0.25, 0.3) is 0 Å². The third kappa shape index (κ3) is 7.50. The third-order valence-electron chi connectivity index (χ3n) is 8.63. The van der Waals surface area contributed by atoms with Crippen molar-refractivity contribution in [2.75, 3.05) is 0 Å². The topological polar surface area (TPSA) is 0 Å². The van der Waals surface area contributed by atoms with E-state index in [1.54, 1.807) is 15.9 Å². The van der Waals surface area contributed by atoms with Crippen LogP contribution in [0.1, 0.15) is 158 Å². The van der Waals surface area contributed by atoms with Crippen LogP contribution < -0.4 is 15.9 Å². The van der Waals surface area contributed by atoms with Crippen molar-refractivity contribution in [2.45, 2.75) is 157 Å². The quantitative estimate of drug-likeness (QED) is 0.263. The van der Waals surface area contributed by atoms with Crippen molar-refractivity contribution in [3.63, 3.8) is 0 Å². The molecule has 0 amide bonds. The largest absolute Gasteiger partial charge is 0.0616 e. The van der Waals surface area contributed by atoms with Crippen molar-refractivity contribution in [1.82, 2.24) is 0 Å². The summed E-state index contributed by atoms with van der Waals surface area (Å²) in [5.41, 5.74) is 8.87. The molecule has 0 atom stereocenters. The molecule has 0 bridgehead atoms. The number of hydrogen-bond donors (Lipinski definition) is 0. The molecule has 3 aromatic carbocycles. The van der Waals surface area contributed by atoms with Gasteiger partial charge in [-0.1, -0.05) is 179 Å². The van der Waals surface area contributed by atoms with E-state index in [0.717, 1.165) is 0 Å². The fourth-order valence-electron chi connectivity index (χ4n) is 6.32. The van der Waals surface area contributed by atoms with E-state index in [-0.39, 0.29) is 32.5 Å². The van der Waals surface area contributed by atoms with Crippen LogP contribution in [0.4, 0.5) is 0 Å². The molecule has 236 valence electrons. The van der Waals surface area contributed by atoms with Gasteiger partial charge in [0.05, 0.1) is 0 Å². The lowest BCUT2D eigenvalue weighted by Gasteiger charge is -2.42. The van der Waals surface area contributed by atoms with Gasteiger partial charge in [-0.15, -0.1) is 0 Å². The van der Waals surface area contributed by atoms with E-state index in [4.69, 9.17) is 0 Å². The molecule has 3 rings (SSSR count). The smallest absolute Gasteiger partial charge is 0.00760 e. The molecule has 0 aromatic heterocycles. The standard InChI is InChI=1S/C42H63P/c1-37(2,3)28-22-19-23-29(38(4,5)6)34(28)43(35-30(39(7,8)9)24-20-25-31(35)40(10,11)12)36-32(41(13,14)15)26-21-27-33(36)42(16,17)18/h19-27H,1-18H3. The van der Waals surface area contributed by atoms with Crippen LogP contribution in [0.3, 0.4) is 0 Å². The predicted molar refractivity (Wildman–Crippen MR) is 197 cm³/mol. The normalized spacial score (nSPS) is 14.0. The van der Waals surface area contributed by atoms with Crippen molar-refractivity contribution in [1.29, 1.82) is 0 Å². The van der Waals surface area contributed by atoms with Crippen LogP contribution in [-0.4, -0.2) is 0 Å². The zero-order valence-electron chi connectivity index (χ0n) is 31.1.